The maximum atomic E-state index is 14.7. The van der Waals surface area contributed by atoms with Crippen LogP contribution in [0.5, 0.6) is 5.75 Å². The summed E-state index contributed by atoms with van der Waals surface area (Å²) >= 11 is 2.63. The second-order valence-corrected chi connectivity index (χ2v) is 25.9. The Morgan fingerprint density at radius 1 is 0.701 bits per heavy atom. The molecule has 97 heavy (non-hydrogen) atoms. The van der Waals surface area contributed by atoms with E-state index in [1.807, 2.05) is 0 Å². The molecular weight excluding hydrogens is 1330 g/mol. The number of aliphatic carboxylic acids is 1. The summed E-state index contributed by atoms with van der Waals surface area (Å²) in [5.74, 6) is -17.9. The molecule has 11 atom stereocenters. The van der Waals surface area contributed by atoms with E-state index in [1.54, 1.807) is 13.8 Å². The van der Waals surface area contributed by atoms with Gasteiger partial charge in [0, 0.05) is 63.2 Å². The van der Waals surface area contributed by atoms with Crippen LogP contribution >= 0.6 is 35.3 Å². The summed E-state index contributed by atoms with van der Waals surface area (Å²) in [5.41, 5.74) is 22.1. The molecule has 2 saturated heterocycles. The van der Waals surface area contributed by atoms with Crippen molar-refractivity contribution in [1.29, 1.82) is 0 Å². The van der Waals surface area contributed by atoms with Crippen LogP contribution < -0.4 is 86.7 Å². The SMILES string of the molecule is CC[C@H](C)[C@@H]1NC(=O)[C@H](Cc2ccc(O)cc2)NC(=O)[C@@H](NC(C)=O)CSCC(=O)N[C@@H](C(=O)NCCNC(=O)CSC[C@H](N)C(=O)O)CCCNC(=O)CSC[C@@H](C(=O)N2CCC[C@H]2C(=O)N[C@@H](C)C(=O)NCC(N)=O)NC(=O)[C@H](CC(N)=O)NC(=O)[C@H](CCC(N)=O)NC1=O. The Kier molecular flexibility index (Phi) is 36.1. The van der Waals surface area contributed by atoms with Gasteiger partial charge in [-0.15, -0.1) is 35.3 Å². The minimum Gasteiger partial charge on any atom is -0.508 e. The second kappa shape index (κ2) is 42.5. The number of carbonyl (C=O) groups is 17. The molecule has 1 aromatic rings. The first-order chi connectivity index (χ1) is 45.8. The number of nitrogens with two attached hydrogens (primary N) is 4. The number of carbonyl (C=O) groups excluding carboxylic acids is 16. The Balaban J connectivity index is 2.11. The molecule has 0 aliphatic carbocycles. The molecule has 22 N–H and O–H groups in total. The summed E-state index contributed by atoms with van der Waals surface area (Å²) < 4.78 is 0. The zero-order valence-electron chi connectivity index (χ0n) is 54.1. The molecule has 2 heterocycles. The number of phenols is 1. The fourth-order valence-electron chi connectivity index (χ4n) is 9.43. The van der Waals surface area contributed by atoms with E-state index in [-0.39, 0.29) is 87.7 Å². The fraction of sp³-hybridized carbons (Fsp3) is 0.603. The fourth-order valence-corrected chi connectivity index (χ4v) is 12.0. The van der Waals surface area contributed by atoms with E-state index in [2.05, 4.69) is 63.8 Å². The van der Waals surface area contributed by atoms with Gasteiger partial charge in [-0.2, -0.15) is 0 Å². The standard InChI is InChI=1S/C58H89N17O19S3/c1-5-29(2)48-56(91)70-36(14-15-42(60)78)51(86)72-38(21-43(61)79)52(87)73-40(57(92)75-19-7-9-41(75)55(90)67-30(3)49(84)66-22-44(62)80)25-97-27-45(81)63-16-6-8-35(50(85)65-18-17-64-46(82)26-95-23-34(59)58(93)94)69-47(83)28-96-24-39(68-31(4)76)54(89)71-37(53(88)74-48)20-32-10-12-33(77)13-11-32/h10-13,29-30,34-41,48,77H,5-9,14-28,59H2,1-4H3,(H2,60,78)(H2,61,79)(H2,62,80)(H,63,81)(H,64,82)(H,65,85)(H,66,84)(H,67,90)(H,68,76)(H,69,83)(H,70,91)(H,71,89)(H,72,86)(H,73,87)(H,74,88)(H,93,94)/t29-,30-,34-,35+,36-,37-,38-,39-,40-,41-,48-/m0/s1. The Hall–Kier alpha value is -8.98. The number of thioether (sulfide) groups is 3. The van der Waals surface area contributed by atoms with Crippen LogP contribution in [-0.4, -0.2) is 243 Å². The molecule has 36 nitrogen and oxygen atoms in total. The molecule has 3 rings (SSSR count). The summed E-state index contributed by atoms with van der Waals surface area (Å²) in [4.78, 5) is 227. The Morgan fingerprint density at radius 3 is 1.97 bits per heavy atom. The number of nitrogens with one attached hydrogen (secondary N) is 12. The third-order valence-corrected chi connectivity index (χ3v) is 17.9. The third kappa shape index (κ3) is 30.8. The number of primary amides is 3. The first-order valence-corrected chi connectivity index (χ1v) is 34.4. The number of likely N-dealkylation sites (tertiary alicyclic amines) is 1. The van der Waals surface area contributed by atoms with Gasteiger partial charge >= 0.3 is 5.97 Å². The molecule has 0 unspecified atom stereocenters. The van der Waals surface area contributed by atoms with Crippen molar-refractivity contribution in [3.8, 4) is 5.75 Å². The lowest BCUT2D eigenvalue weighted by Crippen LogP contribution is -2.61. The van der Waals surface area contributed by atoms with Crippen molar-refractivity contribution < 1.29 is 91.7 Å². The molecular formula is C58H89N17O19S3. The number of carboxylic acid groups (broad SMARTS) is 1. The van der Waals surface area contributed by atoms with E-state index in [9.17, 15) is 86.6 Å². The van der Waals surface area contributed by atoms with E-state index in [0.717, 1.165) is 47.1 Å². The number of hydrogen-bond acceptors (Lipinski definition) is 22. The van der Waals surface area contributed by atoms with Gasteiger partial charge in [-0.05, 0) is 62.6 Å². The highest BCUT2D eigenvalue weighted by Gasteiger charge is 2.41. The Morgan fingerprint density at radius 2 is 1.33 bits per heavy atom. The monoisotopic (exact) mass is 1420 g/mol. The number of benzene rings is 1. The molecule has 1 aromatic carbocycles. The smallest absolute Gasteiger partial charge is 0.321 e. The second-order valence-electron chi connectivity index (χ2n) is 22.8. The highest BCUT2D eigenvalue weighted by atomic mass is 32.2. The minimum absolute atomic E-state index is 0.0389. The number of hydrogen-bond donors (Lipinski definition) is 18. The van der Waals surface area contributed by atoms with E-state index >= 15 is 0 Å². The molecule has 0 bridgehead atoms. The quantitative estimate of drug-likeness (QED) is 0.0404. The maximum Gasteiger partial charge on any atom is 0.321 e. The summed E-state index contributed by atoms with van der Waals surface area (Å²) in [5, 5.41) is 49.2. The molecule has 0 spiro atoms. The van der Waals surface area contributed by atoms with Crippen LogP contribution in [0.2, 0.25) is 0 Å². The predicted octanol–water partition coefficient (Wildman–Crippen LogP) is -7.61. The van der Waals surface area contributed by atoms with Crippen LogP contribution in [0.15, 0.2) is 24.3 Å². The lowest BCUT2D eigenvalue weighted by Gasteiger charge is -2.31. The van der Waals surface area contributed by atoms with Crippen LogP contribution in [0.4, 0.5) is 0 Å². The maximum absolute atomic E-state index is 14.7. The molecule has 2 fully saturated rings. The lowest BCUT2D eigenvalue weighted by molar-refractivity contribution is -0.142. The minimum atomic E-state index is -1.93. The van der Waals surface area contributed by atoms with Crippen molar-refractivity contribution in [2.75, 3.05) is 67.2 Å². The summed E-state index contributed by atoms with van der Waals surface area (Å²) in [6, 6.07) is -9.28. The topological polar surface area (TPSA) is 582 Å². The molecule has 0 saturated carbocycles. The van der Waals surface area contributed by atoms with Crippen molar-refractivity contribution in [1.82, 2.24) is 68.7 Å². The summed E-state index contributed by atoms with van der Waals surface area (Å²) in [6.45, 7) is 4.70. The average Bonchev–Trinajstić information content (AvgIpc) is 1.80. The van der Waals surface area contributed by atoms with Crippen LogP contribution in [0.1, 0.15) is 84.6 Å². The van der Waals surface area contributed by atoms with Crippen molar-refractivity contribution in [2.24, 2.45) is 28.9 Å². The number of phenolic OH excluding ortho intramolecular Hbond substituents is 1. The zero-order valence-corrected chi connectivity index (χ0v) is 56.6. The number of nitrogens with zero attached hydrogens (tertiary/aromatic N) is 1. The first-order valence-electron chi connectivity index (χ1n) is 30.9. The van der Waals surface area contributed by atoms with Gasteiger partial charge in [0.15, 0.2) is 0 Å². The molecule has 2 aliphatic heterocycles. The van der Waals surface area contributed by atoms with Crippen LogP contribution in [0.3, 0.4) is 0 Å². The number of rotatable bonds is 25. The van der Waals surface area contributed by atoms with Gasteiger partial charge in [0.25, 0.3) is 0 Å². The van der Waals surface area contributed by atoms with Crippen molar-refractivity contribution in [3.63, 3.8) is 0 Å². The number of carboxylic acids is 1. The summed E-state index contributed by atoms with van der Waals surface area (Å²) in [6.07, 6.45) is -1.85. The van der Waals surface area contributed by atoms with E-state index in [1.165, 1.54) is 31.2 Å². The normalized spacial score (nSPS) is 22.6. The highest BCUT2D eigenvalue weighted by molar-refractivity contribution is 8.00. The van der Waals surface area contributed by atoms with Gasteiger partial charge in [-0.3, -0.25) is 81.5 Å². The third-order valence-electron chi connectivity index (χ3n) is 14.8. The number of amides is 16. The predicted molar refractivity (Wildman–Crippen MR) is 353 cm³/mol. The van der Waals surface area contributed by atoms with Gasteiger partial charge in [-0.25, -0.2) is 0 Å². The van der Waals surface area contributed by atoms with Gasteiger partial charge in [-0.1, -0.05) is 32.4 Å². The molecule has 0 radical (unpaired) electrons. The van der Waals surface area contributed by atoms with Gasteiger partial charge in [0.1, 0.15) is 66.2 Å². The largest absolute Gasteiger partial charge is 0.508 e. The van der Waals surface area contributed by atoms with Crippen LogP contribution in [0, 0.1) is 5.92 Å². The molecule has 0 aromatic heterocycles. The zero-order chi connectivity index (χ0) is 72.5. The Bertz CT molecular complexity index is 3010. The van der Waals surface area contributed by atoms with Gasteiger partial charge in [0.2, 0.25) is 94.5 Å². The Labute approximate surface area is 571 Å². The van der Waals surface area contributed by atoms with Gasteiger partial charge in [0.05, 0.1) is 30.2 Å². The lowest BCUT2D eigenvalue weighted by atomic mass is 9.96. The van der Waals surface area contributed by atoms with Crippen molar-refractivity contribution in [3.05, 3.63) is 29.8 Å². The summed E-state index contributed by atoms with van der Waals surface area (Å²) in [7, 11) is 0. The van der Waals surface area contributed by atoms with E-state index in [0.29, 0.717) is 5.56 Å². The number of aromatic hydroxyl groups is 1. The van der Waals surface area contributed by atoms with Crippen LogP contribution in [0.25, 0.3) is 0 Å². The first kappa shape index (κ1) is 82.3. The van der Waals surface area contributed by atoms with E-state index in [4.69, 9.17) is 28.0 Å². The van der Waals surface area contributed by atoms with Crippen molar-refractivity contribution >= 4 is 136 Å². The van der Waals surface area contributed by atoms with Gasteiger partial charge < -0.3 is 102 Å². The molecule has 16 amide bonds. The molecule has 2 aliphatic rings. The molecule has 538 valence electrons. The highest BCUT2D eigenvalue weighted by Crippen LogP contribution is 2.21. The van der Waals surface area contributed by atoms with Crippen LogP contribution in [-0.2, 0) is 87.9 Å². The average molecular weight is 1420 g/mol. The van der Waals surface area contributed by atoms with Crippen molar-refractivity contribution in [2.45, 2.75) is 146 Å². The van der Waals surface area contributed by atoms with E-state index < -0.39 is 210 Å². The molecule has 39 heteroatoms.